The minimum atomic E-state index is -1.42. The summed E-state index contributed by atoms with van der Waals surface area (Å²) >= 11 is 11.0. The average molecular weight is 469 g/mol. The molecule has 10 heteroatoms. The smallest absolute Gasteiger partial charge is 0.266 e. The van der Waals surface area contributed by atoms with Crippen molar-refractivity contribution >= 4 is 58.0 Å². The highest BCUT2D eigenvalue weighted by Crippen LogP contribution is 2.24. The first kappa shape index (κ1) is 22.9. The molecule has 0 bridgehead atoms. The predicted molar refractivity (Wildman–Crippen MR) is 123 cm³/mol. The molecule has 2 aromatic rings. The molecule has 3 rings (SSSR count). The lowest BCUT2D eigenvalue weighted by atomic mass is 10.0. The van der Waals surface area contributed by atoms with Gasteiger partial charge in [0.05, 0.1) is 12.3 Å². The summed E-state index contributed by atoms with van der Waals surface area (Å²) < 4.78 is 5.34. The van der Waals surface area contributed by atoms with Crippen LogP contribution in [-0.4, -0.2) is 29.4 Å². The highest BCUT2D eigenvalue weighted by atomic mass is 35.5. The van der Waals surface area contributed by atoms with E-state index in [0.29, 0.717) is 28.8 Å². The second-order valence-electron chi connectivity index (χ2n) is 6.53. The second-order valence-corrected chi connectivity index (χ2v) is 7.35. The van der Waals surface area contributed by atoms with Crippen molar-refractivity contribution in [3.63, 3.8) is 0 Å². The number of nitrogens with one attached hydrogen (secondary N) is 2. The minimum absolute atomic E-state index is 0.107. The van der Waals surface area contributed by atoms with Crippen molar-refractivity contribution in [2.24, 2.45) is 5.92 Å². The summed E-state index contributed by atoms with van der Waals surface area (Å²) in [7, 11) is 0. The monoisotopic (exact) mass is 468 g/mol. The number of carbonyl (C=O) groups is 3. The Hall–Kier alpha value is -3.74. The molecule has 0 aromatic heterocycles. The Balaban J connectivity index is 1.82. The maximum Gasteiger partial charge on any atom is 0.266 e. The largest absolute Gasteiger partial charge is 0.494 e. The zero-order valence-corrected chi connectivity index (χ0v) is 18.4. The number of thiocarbonyl (C=S) groups is 1. The lowest BCUT2D eigenvalue weighted by Crippen LogP contribution is -2.57. The molecule has 1 atom stereocenters. The number of anilines is 2. The molecule has 1 aliphatic rings. The maximum atomic E-state index is 13.0. The predicted octanol–water partition coefficient (Wildman–Crippen LogP) is 3.19. The van der Waals surface area contributed by atoms with Gasteiger partial charge in [-0.1, -0.05) is 11.6 Å². The first-order valence-corrected chi connectivity index (χ1v) is 10.2. The van der Waals surface area contributed by atoms with Crippen LogP contribution in [0, 0.1) is 17.2 Å². The molecule has 0 unspecified atom stereocenters. The van der Waals surface area contributed by atoms with Crippen molar-refractivity contribution in [3.8, 4) is 11.8 Å². The Morgan fingerprint density at radius 3 is 2.50 bits per heavy atom. The van der Waals surface area contributed by atoms with E-state index < -0.39 is 29.2 Å². The van der Waals surface area contributed by atoms with E-state index in [9.17, 15) is 19.6 Å². The molecule has 3 amide bonds. The summed E-state index contributed by atoms with van der Waals surface area (Å²) in [5, 5.41) is 14.8. The fourth-order valence-electron chi connectivity index (χ4n) is 2.90. The van der Waals surface area contributed by atoms with Crippen molar-refractivity contribution in [2.75, 3.05) is 16.8 Å². The van der Waals surface area contributed by atoms with E-state index in [-0.39, 0.29) is 5.11 Å². The van der Waals surface area contributed by atoms with Gasteiger partial charge >= 0.3 is 0 Å². The van der Waals surface area contributed by atoms with E-state index in [2.05, 4.69) is 10.6 Å². The van der Waals surface area contributed by atoms with Crippen molar-refractivity contribution < 1.29 is 19.1 Å². The fraction of sp³-hybridized carbons (Fsp3) is 0.136. The van der Waals surface area contributed by atoms with Crippen molar-refractivity contribution in [2.45, 2.75) is 6.92 Å². The Morgan fingerprint density at radius 1 is 1.25 bits per heavy atom. The Morgan fingerprint density at radius 2 is 1.91 bits per heavy atom. The van der Waals surface area contributed by atoms with Gasteiger partial charge in [-0.05, 0) is 73.7 Å². The molecule has 8 nitrogen and oxygen atoms in total. The van der Waals surface area contributed by atoms with Gasteiger partial charge in [-0.25, -0.2) is 0 Å². The van der Waals surface area contributed by atoms with Crippen LogP contribution in [0.25, 0.3) is 0 Å². The Bertz CT molecular complexity index is 1140. The summed E-state index contributed by atoms with van der Waals surface area (Å²) in [5.41, 5.74) is 0.416. The van der Waals surface area contributed by atoms with Gasteiger partial charge in [0.1, 0.15) is 23.3 Å². The van der Waals surface area contributed by atoms with E-state index in [1.165, 1.54) is 0 Å². The molecule has 1 fully saturated rings. The second kappa shape index (κ2) is 10.0. The molecule has 2 aromatic carbocycles. The van der Waals surface area contributed by atoms with Crippen LogP contribution >= 0.6 is 23.8 Å². The van der Waals surface area contributed by atoms with E-state index in [1.54, 1.807) is 54.6 Å². The number of halogens is 1. The molecular weight excluding hydrogens is 452 g/mol. The third kappa shape index (κ3) is 5.11. The number of carbonyl (C=O) groups excluding carboxylic acids is 3. The lowest BCUT2D eigenvalue weighted by Gasteiger charge is -2.31. The summed E-state index contributed by atoms with van der Waals surface area (Å²) in [5.74, 6) is -2.97. The van der Waals surface area contributed by atoms with Crippen LogP contribution < -0.4 is 20.3 Å². The molecule has 0 spiro atoms. The molecule has 1 heterocycles. The zero-order chi connectivity index (χ0) is 23.3. The maximum absolute atomic E-state index is 13.0. The molecule has 1 aliphatic heterocycles. The number of ether oxygens (including phenoxy) is 1. The number of hydrogen-bond acceptors (Lipinski definition) is 6. The van der Waals surface area contributed by atoms with Gasteiger partial charge in [0.25, 0.3) is 5.91 Å². The van der Waals surface area contributed by atoms with Gasteiger partial charge < -0.3 is 15.4 Å². The van der Waals surface area contributed by atoms with Gasteiger partial charge in [-0.3, -0.25) is 19.3 Å². The van der Waals surface area contributed by atoms with Crippen LogP contribution in [0.2, 0.25) is 5.02 Å². The summed E-state index contributed by atoms with van der Waals surface area (Å²) in [4.78, 5) is 39.1. The number of hydrogen-bond donors (Lipinski definition) is 2. The standard InChI is InChI=1S/C22H17ClN4O4S/c1-2-31-17-9-5-15(6-10-17)25-19(28)13(12-24)11-18-20(29)26-22(32)27(21(18)30)16-7-3-14(23)4-8-16/h3-11,18H,2H2,1H3,(H,25,28)(H,26,29,32)/b13-11-/t18-/m0/s1. The van der Waals surface area contributed by atoms with Gasteiger partial charge in [0, 0.05) is 10.7 Å². The Labute approximate surface area is 194 Å². The quantitative estimate of drug-likeness (QED) is 0.291. The normalized spacial score (nSPS) is 16.3. The molecule has 0 saturated carbocycles. The first-order chi connectivity index (χ1) is 15.3. The summed E-state index contributed by atoms with van der Waals surface area (Å²) in [6.07, 6.45) is 1.02. The lowest BCUT2D eigenvalue weighted by molar-refractivity contribution is -0.131. The van der Waals surface area contributed by atoms with Crippen molar-refractivity contribution in [1.82, 2.24) is 5.32 Å². The number of nitrogens with zero attached hydrogens (tertiary/aromatic N) is 2. The minimum Gasteiger partial charge on any atom is -0.494 e. The molecule has 0 radical (unpaired) electrons. The zero-order valence-electron chi connectivity index (χ0n) is 16.8. The van der Waals surface area contributed by atoms with Crippen molar-refractivity contribution in [3.05, 3.63) is 65.2 Å². The van der Waals surface area contributed by atoms with E-state index in [0.717, 1.165) is 11.0 Å². The van der Waals surface area contributed by atoms with Crippen molar-refractivity contribution in [1.29, 1.82) is 5.26 Å². The van der Waals surface area contributed by atoms with Gasteiger partial charge in [-0.15, -0.1) is 0 Å². The summed E-state index contributed by atoms with van der Waals surface area (Å²) in [6.45, 7) is 2.35. The van der Waals surface area contributed by atoms with Crippen LogP contribution in [0.3, 0.4) is 0 Å². The average Bonchev–Trinajstić information content (AvgIpc) is 2.76. The molecule has 1 saturated heterocycles. The molecule has 2 N–H and O–H groups in total. The SMILES string of the molecule is CCOc1ccc(NC(=O)/C(C#N)=C\[C@H]2C(=O)NC(=S)N(c3ccc(Cl)cc3)C2=O)cc1. The molecule has 162 valence electrons. The number of amides is 3. The summed E-state index contributed by atoms with van der Waals surface area (Å²) in [6, 6.07) is 14.5. The van der Waals surface area contributed by atoms with Crippen LogP contribution in [0.5, 0.6) is 5.75 Å². The van der Waals surface area contributed by atoms with E-state index in [1.807, 2.05) is 6.92 Å². The molecular formula is C22H17ClN4O4S. The molecule has 0 aliphatic carbocycles. The third-order valence-electron chi connectivity index (χ3n) is 4.41. The molecule has 32 heavy (non-hydrogen) atoms. The number of benzene rings is 2. The van der Waals surface area contributed by atoms with Crippen LogP contribution in [0.4, 0.5) is 11.4 Å². The third-order valence-corrected chi connectivity index (χ3v) is 4.95. The van der Waals surface area contributed by atoms with Gasteiger partial charge in [0.15, 0.2) is 5.11 Å². The van der Waals surface area contributed by atoms with E-state index >= 15 is 0 Å². The van der Waals surface area contributed by atoms with Crippen LogP contribution in [-0.2, 0) is 14.4 Å². The van der Waals surface area contributed by atoms with Crippen LogP contribution in [0.1, 0.15) is 6.92 Å². The highest BCUT2D eigenvalue weighted by Gasteiger charge is 2.38. The first-order valence-electron chi connectivity index (χ1n) is 9.44. The van der Waals surface area contributed by atoms with Crippen LogP contribution in [0.15, 0.2) is 60.2 Å². The topological polar surface area (TPSA) is 112 Å². The van der Waals surface area contributed by atoms with Gasteiger partial charge in [-0.2, -0.15) is 5.26 Å². The fourth-order valence-corrected chi connectivity index (χ4v) is 3.32. The Kier molecular flexibility index (Phi) is 7.20. The number of nitriles is 1. The highest BCUT2D eigenvalue weighted by molar-refractivity contribution is 7.80. The number of rotatable bonds is 6. The van der Waals surface area contributed by atoms with E-state index in [4.69, 9.17) is 28.6 Å². The van der Waals surface area contributed by atoms with Gasteiger partial charge in [0.2, 0.25) is 11.8 Å².